The smallest absolute Gasteiger partial charge is 0.253 e. The molecule has 0 saturated carbocycles. The van der Waals surface area contributed by atoms with Crippen LogP contribution >= 0.6 is 24.0 Å². The predicted molar refractivity (Wildman–Crippen MR) is 125 cm³/mol. The lowest BCUT2D eigenvalue weighted by atomic mass is 10.1. The van der Waals surface area contributed by atoms with Crippen LogP contribution in [-0.2, 0) is 6.54 Å². The molecule has 1 aliphatic heterocycles. The van der Waals surface area contributed by atoms with Crippen LogP contribution in [0.5, 0.6) is 5.88 Å². The van der Waals surface area contributed by atoms with Crippen LogP contribution in [0.1, 0.15) is 22.3 Å². The Morgan fingerprint density at radius 3 is 2.66 bits per heavy atom. The van der Waals surface area contributed by atoms with E-state index < -0.39 is 0 Å². The van der Waals surface area contributed by atoms with E-state index in [1.54, 1.807) is 32.2 Å². The summed E-state index contributed by atoms with van der Waals surface area (Å²) in [4.78, 5) is 24.4. The Balaban J connectivity index is 0.00000300. The normalized spacial score (nSPS) is 16.2. The van der Waals surface area contributed by atoms with Crippen LogP contribution in [0.3, 0.4) is 0 Å². The van der Waals surface area contributed by atoms with Gasteiger partial charge >= 0.3 is 0 Å². The summed E-state index contributed by atoms with van der Waals surface area (Å²) in [5.41, 5.74) is 1.78. The molecule has 29 heavy (non-hydrogen) atoms. The average molecular weight is 509 g/mol. The standard InChI is InChI=1S/C21H27N5O2.HI/c1-22-21(24-14-16-7-9-17(10-8-16)20(27)25(2)3)26-13-11-18(15-26)28-19-6-4-5-12-23-19;/h4-10,12,18H,11,13-15H2,1-3H3,(H,22,24);1H. The Labute approximate surface area is 189 Å². The highest BCUT2D eigenvalue weighted by Crippen LogP contribution is 2.16. The fourth-order valence-electron chi connectivity index (χ4n) is 3.14. The van der Waals surface area contributed by atoms with Gasteiger partial charge in [-0.15, -0.1) is 24.0 Å². The zero-order chi connectivity index (χ0) is 19.9. The number of ether oxygens (including phenoxy) is 1. The molecule has 1 aromatic heterocycles. The fraction of sp³-hybridized carbons (Fsp3) is 0.381. The topological polar surface area (TPSA) is 70.1 Å². The van der Waals surface area contributed by atoms with Gasteiger partial charge in [0.2, 0.25) is 5.88 Å². The highest BCUT2D eigenvalue weighted by Gasteiger charge is 2.26. The number of halogens is 1. The highest BCUT2D eigenvalue weighted by atomic mass is 127. The van der Waals surface area contributed by atoms with Crippen molar-refractivity contribution in [2.45, 2.75) is 19.1 Å². The third kappa shape index (κ3) is 6.31. The maximum Gasteiger partial charge on any atom is 0.253 e. The monoisotopic (exact) mass is 509 g/mol. The summed E-state index contributed by atoms with van der Waals surface area (Å²) in [7, 11) is 5.29. The number of likely N-dealkylation sites (tertiary alicyclic amines) is 1. The molecule has 1 unspecified atom stereocenters. The molecular weight excluding hydrogens is 481 g/mol. The second-order valence-electron chi connectivity index (χ2n) is 6.94. The maximum atomic E-state index is 12.0. The summed E-state index contributed by atoms with van der Waals surface area (Å²) in [6, 6.07) is 13.3. The molecule has 8 heteroatoms. The largest absolute Gasteiger partial charge is 0.472 e. The number of carbonyl (C=O) groups is 1. The first-order chi connectivity index (χ1) is 13.6. The summed E-state index contributed by atoms with van der Waals surface area (Å²) in [6.45, 7) is 2.30. The first kappa shape index (κ1) is 22.9. The average Bonchev–Trinajstić information content (AvgIpc) is 3.17. The minimum absolute atomic E-state index is 0. The van der Waals surface area contributed by atoms with Crippen molar-refractivity contribution in [1.29, 1.82) is 0 Å². The van der Waals surface area contributed by atoms with Gasteiger partial charge in [-0.25, -0.2) is 4.98 Å². The third-order valence-electron chi connectivity index (χ3n) is 4.64. The zero-order valence-corrected chi connectivity index (χ0v) is 19.4. The van der Waals surface area contributed by atoms with Gasteiger partial charge in [-0.2, -0.15) is 0 Å². The van der Waals surface area contributed by atoms with E-state index in [4.69, 9.17) is 4.74 Å². The number of benzene rings is 1. The van der Waals surface area contributed by atoms with Gasteiger partial charge in [0, 0.05) is 58.5 Å². The summed E-state index contributed by atoms with van der Waals surface area (Å²) < 4.78 is 5.95. The Bertz CT molecular complexity index is 812. The fourth-order valence-corrected chi connectivity index (χ4v) is 3.14. The van der Waals surface area contributed by atoms with Crippen molar-refractivity contribution in [2.24, 2.45) is 4.99 Å². The maximum absolute atomic E-state index is 12.0. The molecule has 1 aliphatic rings. The number of aromatic nitrogens is 1. The Morgan fingerprint density at radius 1 is 1.28 bits per heavy atom. The molecule has 0 radical (unpaired) electrons. The molecule has 1 fully saturated rings. The molecule has 1 atom stereocenters. The van der Waals surface area contributed by atoms with Gasteiger partial charge in [0.25, 0.3) is 5.91 Å². The number of nitrogens with one attached hydrogen (secondary N) is 1. The third-order valence-corrected chi connectivity index (χ3v) is 4.64. The van der Waals surface area contributed by atoms with Crippen LogP contribution in [-0.4, -0.2) is 67.0 Å². The summed E-state index contributed by atoms with van der Waals surface area (Å²) >= 11 is 0. The van der Waals surface area contributed by atoms with Gasteiger partial charge in [-0.05, 0) is 23.8 Å². The van der Waals surface area contributed by atoms with Crippen molar-refractivity contribution in [1.82, 2.24) is 20.1 Å². The van der Waals surface area contributed by atoms with E-state index in [9.17, 15) is 4.79 Å². The van der Waals surface area contributed by atoms with Crippen LogP contribution < -0.4 is 10.1 Å². The summed E-state index contributed by atoms with van der Waals surface area (Å²) in [5, 5.41) is 3.39. The lowest BCUT2D eigenvalue weighted by Gasteiger charge is -2.21. The molecule has 1 N–H and O–H groups in total. The van der Waals surface area contributed by atoms with E-state index in [-0.39, 0.29) is 36.0 Å². The van der Waals surface area contributed by atoms with Crippen molar-refractivity contribution in [3.8, 4) is 5.88 Å². The van der Waals surface area contributed by atoms with Crippen LogP contribution in [0.2, 0.25) is 0 Å². The number of amides is 1. The second-order valence-corrected chi connectivity index (χ2v) is 6.94. The van der Waals surface area contributed by atoms with Crippen LogP contribution in [0.25, 0.3) is 0 Å². The van der Waals surface area contributed by atoms with Crippen LogP contribution in [0.4, 0.5) is 0 Å². The lowest BCUT2D eigenvalue weighted by molar-refractivity contribution is 0.0827. The Morgan fingerprint density at radius 2 is 2.03 bits per heavy atom. The molecule has 1 aromatic carbocycles. The Kier molecular flexibility index (Phi) is 8.69. The van der Waals surface area contributed by atoms with Gasteiger partial charge in [0.05, 0.1) is 6.54 Å². The molecule has 3 rings (SSSR count). The number of aliphatic imine (C=N–C) groups is 1. The summed E-state index contributed by atoms with van der Waals surface area (Å²) in [5.74, 6) is 1.51. The van der Waals surface area contributed by atoms with Gasteiger partial charge in [0.1, 0.15) is 6.10 Å². The Hall–Kier alpha value is -2.36. The molecule has 0 bridgehead atoms. The number of nitrogens with zero attached hydrogens (tertiary/aromatic N) is 4. The van der Waals surface area contributed by atoms with E-state index in [0.717, 1.165) is 31.0 Å². The molecule has 1 saturated heterocycles. The molecular formula is C21H28IN5O2. The SMILES string of the molecule is CN=C(NCc1ccc(C(=O)N(C)C)cc1)N1CCC(Oc2ccccn2)C1.I. The number of rotatable bonds is 5. The first-order valence-corrected chi connectivity index (χ1v) is 9.40. The van der Waals surface area contributed by atoms with Crippen molar-refractivity contribution < 1.29 is 9.53 Å². The van der Waals surface area contributed by atoms with E-state index >= 15 is 0 Å². The van der Waals surface area contributed by atoms with E-state index in [1.807, 2.05) is 42.5 Å². The predicted octanol–water partition coefficient (Wildman–Crippen LogP) is 2.63. The number of hydrogen-bond acceptors (Lipinski definition) is 4. The van der Waals surface area contributed by atoms with E-state index in [2.05, 4.69) is 20.2 Å². The molecule has 2 heterocycles. The number of hydrogen-bond donors (Lipinski definition) is 1. The molecule has 156 valence electrons. The van der Waals surface area contributed by atoms with Gasteiger partial charge in [-0.1, -0.05) is 18.2 Å². The van der Waals surface area contributed by atoms with Crippen molar-refractivity contribution >= 4 is 35.8 Å². The van der Waals surface area contributed by atoms with Gasteiger partial charge in [-0.3, -0.25) is 9.79 Å². The van der Waals surface area contributed by atoms with Crippen molar-refractivity contribution in [3.63, 3.8) is 0 Å². The van der Waals surface area contributed by atoms with Crippen LogP contribution in [0.15, 0.2) is 53.7 Å². The molecule has 7 nitrogen and oxygen atoms in total. The second kappa shape index (κ2) is 11.0. The van der Waals surface area contributed by atoms with E-state index in [0.29, 0.717) is 18.0 Å². The number of carbonyl (C=O) groups excluding carboxylic acids is 1. The summed E-state index contributed by atoms with van der Waals surface area (Å²) in [6.07, 6.45) is 2.77. The number of pyridine rings is 1. The minimum atomic E-state index is 0. The van der Waals surface area contributed by atoms with Gasteiger partial charge < -0.3 is 19.9 Å². The molecule has 1 amide bonds. The molecule has 0 aliphatic carbocycles. The zero-order valence-electron chi connectivity index (χ0n) is 17.0. The molecule has 0 spiro atoms. The van der Waals surface area contributed by atoms with Gasteiger partial charge in [0.15, 0.2) is 5.96 Å². The lowest BCUT2D eigenvalue weighted by Crippen LogP contribution is -2.40. The number of guanidine groups is 1. The highest BCUT2D eigenvalue weighted by molar-refractivity contribution is 14.0. The van der Waals surface area contributed by atoms with E-state index in [1.165, 1.54) is 0 Å². The quantitative estimate of drug-likeness (QED) is 0.382. The van der Waals surface area contributed by atoms with Crippen molar-refractivity contribution in [3.05, 3.63) is 59.8 Å². The van der Waals surface area contributed by atoms with Crippen LogP contribution in [0, 0.1) is 0 Å². The van der Waals surface area contributed by atoms with Crippen molar-refractivity contribution in [2.75, 3.05) is 34.2 Å². The minimum Gasteiger partial charge on any atom is -0.472 e. The molecule has 2 aromatic rings. The first-order valence-electron chi connectivity index (χ1n) is 9.40.